The molecule has 0 spiro atoms. The normalized spacial score (nSPS) is 10.2. The summed E-state index contributed by atoms with van der Waals surface area (Å²) >= 11 is 1.39. The molecule has 5 nitrogen and oxygen atoms in total. The van der Waals surface area contributed by atoms with Crippen LogP contribution in [0.25, 0.3) is 10.9 Å². The highest BCUT2D eigenvalue weighted by molar-refractivity contribution is 7.99. The zero-order chi connectivity index (χ0) is 18.2. The van der Waals surface area contributed by atoms with E-state index in [9.17, 15) is 4.79 Å². The predicted octanol–water partition coefficient (Wildman–Crippen LogP) is 3.60. The van der Waals surface area contributed by atoms with Crippen molar-refractivity contribution in [1.29, 1.82) is 10.5 Å². The predicted molar refractivity (Wildman–Crippen MR) is 99.0 cm³/mol. The number of carbonyl (C=O) groups excluding carboxylic acids is 1. The van der Waals surface area contributed by atoms with Crippen molar-refractivity contribution in [2.75, 3.05) is 18.8 Å². The lowest BCUT2D eigenvalue weighted by Gasteiger charge is -2.20. The number of carbonyl (C=O) groups is 1. The largest absolute Gasteiger partial charge is 0.340 e. The minimum atomic E-state index is -0.0696. The topological polar surface area (TPSA) is 80.8 Å². The van der Waals surface area contributed by atoms with Gasteiger partial charge in [0, 0.05) is 18.5 Å². The number of fused-ring (bicyclic) bond motifs is 1. The van der Waals surface area contributed by atoms with Crippen LogP contribution in [0.2, 0.25) is 0 Å². The number of pyridine rings is 1. The summed E-state index contributed by atoms with van der Waals surface area (Å²) in [6, 6.07) is 12.2. The van der Waals surface area contributed by atoms with Crippen LogP contribution >= 0.6 is 11.8 Å². The molecule has 0 bridgehead atoms. The lowest BCUT2D eigenvalue weighted by Crippen LogP contribution is -2.34. The van der Waals surface area contributed by atoms with E-state index in [1.54, 1.807) is 4.90 Å². The van der Waals surface area contributed by atoms with E-state index in [2.05, 4.69) is 11.1 Å². The molecule has 0 saturated carbocycles. The van der Waals surface area contributed by atoms with Crippen LogP contribution in [0.3, 0.4) is 0 Å². The molecule has 0 unspecified atom stereocenters. The van der Waals surface area contributed by atoms with Crippen molar-refractivity contribution >= 4 is 28.6 Å². The first-order chi connectivity index (χ1) is 12.1. The molecule has 25 heavy (non-hydrogen) atoms. The van der Waals surface area contributed by atoms with Crippen molar-refractivity contribution in [3.8, 4) is 12.1 Å². The third-order valence-corrected chi connectivity index (χ3v) is 4.80. The van der Waals surface area contributed by atoms with E-state index < -0.39 is 0 Å². The molecule has 1 heterocycles. The van der Waals surface area contributed by atoms with Crippen LogP contribution in [0.1, 0.15) is 24.0 Å². The van der Waals surface area contributed by atoms with Gasteiger partial charge < -0.3 is 4.90 Å². The molecular formula is C19H20N4OS. The fourth-order valence-corrected chi connectivity index (χ4v) is 3.43. The Balaban J connectivity index is 2.10. The van der Waals surface area contributed by atoms with E-state index in [1.807, 2.05) is 44.2 Å². The smallest absolute Gasteiger partial charge is 0.233 e. The van der Waals surface area contributed by atoms with Crippen LogP contribution in [-0.2, 0) is 4.79 Å². The van der Waals surface area contributed by atoms with Crippen molar-refractivity contribution in [1.82, 2.24) is 9.88 Å². The van der Waals surface area contributed by atoms with Crippen LogP contribution in [0.5, 0.6) is 0 Å². The van der Waals surface area contributed by atoms with Crippen LogP contribution < -0.4 is 0 Å². The number of para-hydroxylation sites is 1. The molecule has 1 aromatic carbocycles. The summed E-state index contributed by atoms with van der Waals surface area (Å²) in [5.74, 6) is 0.181. The van der Waals surface area contributed by atoms with Gasteiger partial charge in [-0.25, -0.2) is 4.98 Å². The van der Waals surface area contributed by atoms with E-state index in [0.29, 0.717) is 13.1 Å². The Morgan fingerprint density at radius 1 is 1.16 bits per heavy atom. The lowest BCUT2D eigenvalue weighted by molar-refractivity contribution is -0.128. The van der Waals surface area contributed by atoms with Gasteiger partial charge in [-0.2, -0.15) is 10.5 Å². The van der Waals surface area contributed by atoms with Gasteiger partial charge in [0.25, 0.3) is 0 Å². The second kappa shape index (κ2) is 9.05. The van der Waals surface area contributed by atoms with Crippen molar-refractivity contribution < 1.29 is 4.79 Å². The van der Waals surface area contributed by atoms with Gasteiger partial charge in [-0.05, 0) is 31.0 Å². The Kier molecular flexibility index (Phi) is 6.80. The van der Waals surface area contributed by atoms with E-state index in [1.165, 1.54) is 11.8 Å². The van der Waals surface area contributed by atoms with Crippen molar-refractivity contribution in [2.45, 2.75) is 31.7 Å². The molecule has 1 aromatic heterocycles. The minimum Gasteiger partial charge on any atom is -0.340 e. The van der Waals surface area contributed by atoms with Gasteiger partial charge in [0.05, 0.1) is 41.3 Å². The number of hydrogen-bond acceptors (Lipinski definition) is 5. The summed E-state index contributed by atoms with van der Waals surface area (Å²) in [5, 5.41) is 19.4. The highest BCUT2D eigenvalue weighted by atomic mass is 32.2. The van der Waals surface area contributed by atoms with Gasteiger partial charge in [0.15, 0.2) is 0 Å². The Labute approximate surface area is 152 Å². The average Bonchev–Trinajstić information content (AvgIpc) is 2.61. The molecule has 1 amide bonds. The number of aryl methyl sites for hydroxylation is 2. The van der Waals surface area contributed by atoms with Crippen molar-refractivity contribution in [3.05, 3.63) is 35.4 Å². The van der Waals surface area contributed by atoms with Gasteiger partial charge in [-0.15, -0.1) is 0 Å². The van der Waals surface area contributed by atoms with Gasteiger partial charge in [-0.1, -0.05) is 30.0 Å². The number of amides is 1. The molecule has 0 fully saturated rings. The number of nitriles is 2. The van der Waals surface area contributed by atoms with Crippen LogP contribution in [-0.4, -0.2) is 34.6 Å². The van der Waals surface area contributed by atoms with E-state index in [4.69, 9.17) is 10.5 Å². The van der Waals surface area contributed by atoms with Crippen molar-refractivity contribution in [3.63, 3.8) is 0 Å². The summed E-state index contributed by atoms with van der Waals surface area (Å²) in [6.45, 7) is 4.79. The standard InChI is InChI=1S/C19H20N4OS/c1-14-6-3-7-16-15(2)12-17(22-19(14)16)25-13-18(24)23(10-4-8-20)11-5-9-21/h3,6-7,12H,4-5,10-11,13H2,1-2H3. The summed E-state index contributed by atoms with van der Waals surface area (Å²) in [4.78, 5) is 18.7. The SMILES string of the molecule is Cc1cc(SCC(=O)N(CCC#N)CCC#N)nc2c(C)cccc12. The number of aromatic nitrogens is 1. The Hall–Kier alpha value is -2.57. The third-order valence-electron chi connectivity index (χ3n) is 3.91. The summed E-state index contributed by atoms with van der Waals surface area (Å²) in [6.07, 6.45) is 0.544. The molecule has 6 heteroatoms. The third kappa shape index (κ3) is 4.95. The number of benzene rings is 1. The second-order valence-corrected chi connectivity index (χ2v) is 6.73. The molecule has 2 aromatic rings. The Bertz CT molecular complexity index is 833. The van der Waals surface area contributed by atoms with Gasteiger partial charge in [0.1, 0.15) is 0 Å². The molecule has 0 aliphatic heterocycles. The molecular weight excluding hydrogens is 332 g/mol. The second-order valence-electron chi connectivity index (χ2n) is 5.73. The van der Waals surface area contributed by atoms with E-state index in [0.717, 1.165) is 27.1 Å². The lowest BCUT2D eigenvalue weighted by atomic mass is 10.1. The maximum atomic E-state index is 12.4. The number of hydrogen-bond donors (Lipinski definition) is 0. The first-order valence-electron chi connectivity index (χ1n) is 8.08. The quantitative estimate of drug-likeness (QED) is 0.711. The monoisotopic (exact) mass is 352 g/mol. The van der Waals surface area contributed by atoms with Crippen molar-refractivity contribution in [2.24, 2.45) is 0 Å². The molecule has 0 radical (unpaired) electrons. The molecule has 0 aliphatic rings. The molecule has 128 valence electrons. The van der Waals surface area contributed by atoms with Crippen LogP contribution in [0.15, 0.2) is 29.3 Å². The number of rotatable bonds is 7. The Morgan fingerprint density at radius 3 is 2.48 bits per heavy atom. The fraction of sp³-hybridized carbons (Fsp3) is 0.368. The van der Waals surface area contributed by atoms with Crippen LogP contribution in [0, 0.1) is 36.5 Å². The van der Waals surface area contributed by atoms with Gasteiger partial charge in [-0.3, -0.25) is 4.79 Å². The van der Waals surface area contributed by atoms with E-state index in [-0.39, 0.29) is 24.5 Å². The van der Waals surface area contributed by atoms with Crippen LogP contribution in [0.4, 0.5) is 0 Å². The summed E-state index contributed by atoms with van der Waals surface area (Å²) in [5.41, 5.74) is 3.21. The summed E-state index contributed by atoms with van der Waals surface area (Å²) in [7, 11) is 0. The maximum Gasteiger partial charge on any atom is 0.233 e. The zero-order valence-corrected chi connectivity index (χ0v) is 15.3. The molecule has 0 N–H and O–H groups in total. The molecule has 0 saturated heterocycles. The first-order valence-corrected chi connectivity index (χ1v) is 9.07. The minimum absolute atomic E-state index is 0.0696. The number of thioether (sulfide) groups is 1. The Morgan fingerprint density at radius 2 is 1.84 bits per heavy atom. The fourth-order valence-electron chi connectivity index (χ4n) is 2.56. The first kappa shape index (κ1) is 18.8. The average molecular weight is 352 g/mol. The summed E-state index contributed by atoms with van der Waals surface area (Å²) < 4.78 is 0. The molecule has 2 rings (SSSR count). The maximum absolute atomic E-state index is 12.4. The number of nitrogens with zero attached hydrogens (tertiary/aromatic N) is 4. The van der Waals surface area contributed by atoms with Gasteiger partial charge in [0.2, 0.25) is 5.91 Å². The van der Waals surface area contributed by atoms with E-state index >= 15 is 0 Å². The zero-order valence-electron chi connectivity index (χ0n) is 14.5. The molecule has 0 atom stereocenters. The van der Waals surface area contributed by atoms with Gasteiger partial charge >= 0.3 is 0 Å². The highest BCUT2D eigenvalue weighted by Crippen LogP contribution is 2.25. The highest BCUT2D eigenvalue weighted by Gasteiger charge is 2.14. The molecule has 0 aliphatic carbocycles.